The fourth-order valence-corrected chi connectivity index (χ4v) is 2.06. The zero-order valence-electron chi connectivity index (χ0n) is 8.26. The van der Waals surface area contributed by atoms with Crippen LogP contribution in [-0.4, -0.2) is 18.5 Å². The smallest absolute Gasteiger partial charge is 0.164 e. The summed E-state index contributed by atoms with van der Waals surface area (Å²) in [6.45, 7) is 1.38. The molecule has 0 bridgehead atoms. The fourth-order valence-electron chi connectivity index (χ4n) is 1.66. The van der Waals surface area contributed by atoms with Crippen LogP contribution in [-0.2, 0) is 6.42 Å². The minimum Gasteiger partial charge on any atom is -0.489 e. The summed E-state index contributed by atoms with van der Waals surface area (Å²) < 4.78 is 11.2. The molecule has 0 aliphatic carbocycles. The van der Waals surface area contributed by atoms with Gasteiger partial charge in [0.15, 0.2) is 11.5 Å². The van der Waals surface area contributed by atoms with Crippen LogP contribution in [0.5, 0.6) is 11.5 Å². The van der Waals surface area contributed by atoms with Crippen molar-refractivity contribution < 1.29 is 9.47 Å². The predicted octanol–water partition coefficient (Wildman–Crippen LogP) is 3.44. The molecule has 82 valence electrons. The van der Waals surface area contributed by atoms with Crippen molar-refractivity contribution in [2.24, 2.45) is 0 Å². The summed E-state index contributed by atoms with van der Waals surface area (Å²) in [5.41, 5.74) is 1.15. The van der Waals surface area contributed by atoms with Crippen LogP contribution in [0.1, 0.15) is 12.0 Å². The Morgan fingerprint density at radius 1 is 1.47 bits per heavy atom. The molecule has 0 aromatic heterocycles. The molecule has 15 heavy (non-hydrogen) atoms. The Kier molecular flexibility index (Phi) is 3.76. The zero-order chi connectivity index (χ0) is 10.7. The Morgan fingerprint density at radius 3 is 3.13 bits per heavy atom. The predicted molar refractivity (Wildman–Crippen MR) is 64.6 cm³/mol. The molecule has 2 rings (SSSR count). The third kappa shape index (κ3) is 2.58. The highest BCUT2D eigenvalue weighted by atomic mass is 79.9. The number of hydrogen-bond donors (Lipinski definition) is 0. The van der Waals surface area contributed by atoms with E-state index in [0.29, 0.717) is 11.6 Å². The molecule has 2 nitrogen and oxygen atoms in total. The van der Waals surface area contributed by atoms with Crippen LogP contribution in [0.4, 0.5) is 0 Å². The molecule has 1 aliphatic rings. The largest absolute Gasteiger partial charge is 0.489 e. The second kappa shape index (κ2) is 5.08. The first-order valence-corrected chi connectivity index (χ1v) is 6.45. The number of hydrogen-bond acceptors (Lipinski definition) is 2. The fraction of sp³-hybridized carbons (Fsp3) is 0.455. The van der Waals surface area contributed by atoms with E-state index in [1.165, 1.54) is 0 Å². The van der Waals surface area contributed by atoms with Gasteiger partial charge in [-0.3, -0.25) is 0 Å². The lowest BCUT2D eigenvalue weighted by molar-refractivity contribution is 0.258. The van der Waals surface area contributed by atoms with Gasteiger partial charge in [-0.25, -0.2) is 0 Å². The van der Waals surface area contributed by atoms with E-state index in [1.54, 1.807) is 0 Å². The van der Waals surface area contributed by atoms with Crippen LogP contribution in [0.3, 0.4) is 0 Å². The number of halogens is 2. The van der Waals surface area contributed by atoms with Gasteiger partial charge < -0.3 is 9.47 Å². The van der Waals surface area contributed by atoms with E-state index in [4.69, 9.17) is 21.1 Å². The highest BCUT2D eigenvalue weighted by molar-refractivity contribution is 9.09. The van der Waals surface area contributed by atoms with Gasteiger partial charge in [0.05, 0.1) is 13.2 Å². The Balaban J connectivity index is 2.30. The van der Waals surface area contributed by atoms with Gasteiger partial charge in [0.25, 0.3) is 0 Å². The summed E-state index contributed by atoms with van der Waals surface area (Å²) >= 11 is 9.34. The molecule has 0 atom stereocenters. The van der Waals surface area contributed by atoms with E-state index in [-0.39, 0.29) is 0 Å². The van der Waals surface area contributed by atoms with Crippen molar-refractivity contribution >= 4 is 27.5 Å². The minimum absolute atomic E-state index is 0.621. The monoisotopic (exact) mass is 290 g/mol. The number of ether oxygens (including phenoxy) is 2. The lowest BCUT2D eigenvalue weighted by Gasteiger charge is -2.20. The van der Waals surface area contributed by atoms with Gasteiger partial charge in [-0.05, 0) is 24.5 Å². The Bertz CT molecular complexity index is 355. The zero-order valence-corrected chi connectivity index (χ0v) is 10.6. The SMILES string of the molecule is Clc1cc2c(c(OCCBr)c1)OCCC2. The second-order valence-electron chi connectivity index (χ2n) is 3.38. The van der Waals surface area contributed by atoms with Gasteiger partial charge >= 0.3 is 0 Å². The molecule has 1 aliphatic heterocycles. The molecular formula is C11H12BrClO2. The van der Waals surface area contributed by atoms with Gasteiger partial charge in [-0.1, -0.05) is 27.5 Å². The summed E-state index contributed by atoms with van der Waals surface area (Å²) in [5, 5.41) is 1.51. The number of alkyl halides is 1. The molecular weight excluding hydrogens is 279 g/mol. The van der Waals surface area contributed by atoms with Crippen LogP contribution < -0.4 is 9.47 Å². The molecule has 0 N–H and O–H groups in total. The number of fused-ring (bicyclic) bond motifs is 1. The molecule has 0 spiro atoms. The molecule has 0 radical (unpaired) electrons. The van der Waals surface area contributed by atoms with E-state index >= 15 is 0 Å². The van der Waals surface area contributed by atoms with Gasteiger partial charge in [0, 0.05) is 16.4 Å². The van der Waals surface area contributed by atoms with Crippen molar-refractivity contribution in [2.75, 3.05) is 18.5 Å². The van der Waals surface area contributed by atoms with E-state index in [2.05, 4.69) is 15.9 Å². The summed E-state index contributed by atoms with van der Waals surface area (Å²) in [5.74, 6) is 1.63. The highest BCUT2D eigenvalue weighted by Crippen LogP contribution is 2.37. The van der Waals surface area contributed by atoms with Crippen LogP contribution in [0, 0.1) is 0 Å². The number of benzene rings is 1. The molecule has 0 unspecified atom stereocenters. The molecule has 0 saturated heterocycles. The van der Waals surface area contributed by atoms with Crippen LogP contribution in [0.2, 0.25) is 5.02 Å². The first-order valence-electron chi connectivity index (χ1n) is 4.95. The molecule has 1 aromatic carbocycles. The van der Waals surface area contributed by atoms with E-state index < -0.39 is 0 Å². The van der Waals surface area contributed by atoms with E-state index in [9.17, 15) is 0 Å². The van der Waals surface area contributed by atoms with Crippen molar-refractivity contribution in [1.29, 1.82) is 0 Å². The number of rotatable bonds is 3. The first-order chi connectivity index (χ1) is 7.31. The average Bonchev–Trinajstić information content (AvgIpc) is 2.25. The Morgan fingerprint density at radius 2 is 2.33 bits per heavy atom. The number of aryl methyl sites for hydroxylation is 1. The highest BCUT2D eigenvalue weighted by Gasteiger charge is 2.16. The van der Waals surface area contributed by atoms with Crippen molar-refractivity contribution in [3.8, 4) is 11.5 Å². The van der Waals surface area contributed by atoms with Crippen molar-refractivity contribution in [3.05, 3.63) is 22.7 Å². The summed E-state index contributed by atoms with van der Waals surface area (Å²) in [4.78, 5) is 0. The van der Waals surface area contributed by atoms with Crippen LogP contribution in [0.15, 0.2) is 12.1 Å². The summed E-state index contributed by atoms with van der Waals surface area (Å²) in [6.07, 6.45) is 2.06. The normalized spacial score (nSPS) is 14.3. The van der Waals surface area contributed by atoms with Gasteiger partial charge in [-0.2, -0.15) is 0 Å². The third-order valence-corrected chi connectivity index (χ3v) is 2.81. The van der Waals surface area contributed by atoms with Crippen molar-refractivity contribution in [2.45, 2.75) is 12.8 Å². The van der Waals surface area contributed by atoms with E-state index in [0.717, 1.165) is 41.8 Å². The van der Waals surface area contributed by atoms with Crippen molar-refractivity contribution in [3.63, 3.8) is 0 Å². The average molecular weight is 292 g/mol. The van der Waals surface area contributed by atoms with E-state index in [1.807, 2.05) is 12.1 Å². The van der Waals surface area contributed by atoms with Crippen LogP contribution >= 0.6 is 27.5 Å². The maximum atomic E-state index is 6.01. The molecule has 0 fully saturated rings. The van der Waals surface area contributed by atoms with Gasteiger partial charge in [-0.15, -0.1) is 0 Å². The Hall–Kier alpha value is -0.410. The summed E-state index contributed by atoms with van der Waals surface area (Å²) in [7, 11) is 0. The molecule has 1 heterocycles. The lowest BCUT2D eigenvalue weighted by atomic mass is 10.1. The topological polar surface area (TPSA) is 18.5 Å². The van der Waals surface area contributed by atoms with Crippen molar-refractivity contribution in [1.82, 2.24) is 0 Å². The third-order valence-electron chi connectivity index (χ3n) is 2.27. The Labute approximate surface area is 103 Å². The molecule has 1 aromatic rings. The minimum atomic E-state index is 0.621. The quantitative estimate of drug-likeness (QED) is 0.794. The second-order valence-corrected chi connectivity index (χ2v) is 4.61. The molecule has 4 heteroatoms. The maximum absolute atomic E-state index is 6.01. The lowest BCUT2D eigenvalue weighted by Crippen LogP contribution is -2.10. The maximum Gasteiger partial charge on any atom is 0.164 e. The van der Waals surface area contributed by atoms with Gasteiger partial charge in [0.1, 0.15) is 0 Å². The molecule has 0 saturated carbocycles. The first kappa shape index (κ1) is 11.1. The van der Waals surface area contributed by atoms with Crippen LogP contribution in [0.25, 0.3) is 0 Å². The molecule has 0 amide bonds. The standard InChI is InChI=1S/C11H12BrClO2/c12-3-5-14-10-7-9(13)6-8-2-1-4-15-11(8)10/h6-7H,1-5H2. The summed E-state index contributed by atoms with van der Waals surface area (Å²) in [6, 6.07) is 3.77. The van der Waals surface area contributed by atoms with Gasteiger partial charge in [0.2, 0.25) is 0 Å².